The molecular weight excluding hydrogens is 280 g/mol. The average Bonchev–Trinajstić information content (AvgIpc) is 3.14. The number of nitrogens with two attached hydrogens (primary N) is 1. The number of hydrogen-bond acceptors (Lipinski definition) is 5. The molecule has 0 aromatic carbocycles. The summed E-state index contributed by atoms with van der Waals surface area (Å²) in [6.07, 6.45) is 2.89. The second-order valence-electron chi connectivity index (χ2n) is 5.12. The van der Waals surface area contributed by atoms with Gasteiger partial charge < -0.3 is 10.6 Å². The third kappa shape index (κ3) is 2.75. The van der Waals surface area contributed by atoms with E-state index in [0.717, 1.165) is 29.7 Å². The van der Waals surface area contributed by atoms with E-state index in [2.05, 4.69) is 15.1 Å². The SMILES string of the molecule is CC.CCC(=O)N1CCC(n2nc(C)c3c(N)ncnc32)C1. The molecule has 0 saturated carbocycles. The van der Waals surface area contributed by atoms with Gasteiger partial charge in [-0.05, 0) is 13.3 Å². The van der Waals surface area contributed by atoms with Crippen molar-refractivity contribution in [3.8, 4) is 0 Å². The topological polar surface area (TPSA) is 89.9 Å². The van der Waals surface area contributed by atoms with E-state index in [4.69, 9.17) is 5.73 Å². The van der Waals surface area contributed by atoms with Gasteiger partial charge in [0.05, 0.1) is 17.1 Å². The van der Waals surface area contributed by atoms with Crippen molar-refractivity contribution in [3.63, 3.8) is 0 Å². The first kappa shape index (κ1) is 16.2. The van der Waals surface area contributed by atoms with Crippen LogP contribution < -0.4 is 5.73 Å². The van der Waals surface area contributed by atoms with E-state index >= 15 is 0 Å². The highest BCUT2D eigenvalue weighted by Gasteiger charge is 2.29. The van der Waals surface area contributed by atoms with Crippen LogP contribution in [0.25, 0.3) is 11.0 Å². The number of hydrogen-bond donors (Lipinski definition) is 1. The first-order valence-electron chi connectivity index (χ1n) is 7.85. The van der Waals surface area contributed by atoms with Gasteiger partial charge in [0, 0.05) is 19.5 Å². The number of aromatic nitrogens is 4. The minimum atomic E-state index is 0.163. The summed E-state index contributed by atoms with van der Waals surface area (Å²) < 4.78 is 1.89. The van der Waals surface area contributed by atoms with Crippen molar-refractivity contribution >= 4 is 22.8 Å². The highest BCUT2D eigenvalue weighted by atomic mass is 16.2. The lowest BCUT2D eigenvalue weighted by Crippen LogP contribution is -2.28. The molecule has 1 atom stereocenters. The molecule has 7 nitrogen and oxygen atoms in total. The summed E-state index contributed by atoms with van der Waals surface area (Å²) in [6.45, 7) is 9.25. The summed E-state index contributed by atoms with van der Waals surface area (Å²) in [7, 11) is 0. The van der Waals surface area contributed by atoms with Gasteiger partial charge in [-0.3, -0.25) is 4.79 Å². The highest BCUT2D eigenvalue weighted by molar-refractivity contribution is 5.88. The second kappa shape index (κ2) is 6.72. The van der Waals surface area contributed by atoms with Gasteiger partial charge in [-0.1, -0.05) is 20.8 Å². The maximum absolute atomic E-state index is 11.8. The fourth-order valence-corrected chi connectivity index (χ4v) is 2.82. The number of amides is 1. The van der Waals surface area contributed by atoms with Gasteiger partial charge in [0.2, 0.25) is 5.91 Å². The molecule has 1 amide bonds. The van der Waals surface area contributed by atoms with Crippen molar-refractivity contribution in [1.82, 2.24) is 24.6 Å². The third-order valence-electron chi connectivity index (χ3n) is 3.86. The van der Waals surface area contributed by atoms with Gasteiger partial charge in [0.25, 0.3) is 0 Å². The zero-order valence-corrected chi connectivity index (χ0v) is 13.7. The molecule has 0 aliphatic carbocycles. The van der Waals surface area contributed by atoms with Gasteiger partial charge >= 0.3 is 0 Å². The predicted octanol–water partition coefficient (Wildman–Crippen LogP) is 1.93. The molecule has 0 bridgehead atoms. The van der Waals surface area contributed by atoms with Crippen LogP contribution in [0.15, 0.2) is 6.33 Å². The zero-order chi connectivity index (χ0) is 16.3. The quantitative estimate of drug-likeness (QED) is 0.915. The lowest BCUT2D eigenvalue weighted by atomic mass is 10.2. The predicted molar refractivity (Wildman–Crippen MR) is 86.3 cm³/mol. The molecule has 2 aromatic rings. The van der Waals surface area contributed by atoms with E-state index in [9.17, 15) is 4.79 Å². The fourth-order valence-electron chi connectivity index (χ4n) is 2.82. The molecule has 1 saturated heterocycles. The first-order valence-corrected chi connectivity index (χ1v) is 7.85. The van der Waals surface area contributed by atoms with Crippen LogP contribution >= 0.6 is 0 Å². The number of nitrogen functional groups attached to an aromatic ring is 1. The summed E-state index contributed by atoms with van der Waals surface area (Å²) in [4.78, 5) is 22.0. The van der Waals surface area contributed by atoms with Crippen molar-refractivity contribution in [2.75, 3.05) is 18.8 Å². The molecule has 3 heterocycles. The fraction of sp³-hybridized carbons (Fsp3) is 0.600. The van der Waals surface area contributed by atoms with Gasteiger partial charge in [-0.25, -0.2) is 14.6 Å². The smallest absolute Gasteiger partial charge is 0.222 e. The molecule has 2 aromatic heterocycles. The van der Waals surface area contributed by atoms with Crippen molar-refractivity contribution in [2.45, 2.75) is 46.6 Å². The summed E-state index contributed by atoms with van der Waals surface area (Å²) in [5, 5.41) is 5.36. The molecule has 0 spiro atoms. The molecule has 1 unspecified atom stereocenters. The van der Waals surface area contributed by atoms with Crippen molar-refractivity contribution in [3.05, 3.63) is 12.0 Å². The Morgan fingerprint density at radius 1 is 1.41 bits per heavy atom. The molecule has 7 heteroatoms. The van der Waals surface area contributed by atoms with Gasteiger partial charge in [0.15, 0.2) is 5.65 Å². The number of rotatable bonds is 2. The maximum Gasteiger partial charge on any atom is 0.222 e. The average molecular weight is 304 g/mol. The van der Waals surface area contributed by atoms with Crippen LogP contribution in [0.4, 0.5) is 5.82 Å². The van der Waals surface area contributed by atoms with Crippen molar-refractivity contribution in [2.24, 2.45) is 0 Å². The van der Waals surface area contributed by atoms with Gasteiger partial charge in [0.1, 0.15) is 12.1 Å². The van der Waals surface area contributed by atoms with Crippen LogP contribution in [-0.4, -0.2) is 43.6 Å². The standard InChI is InChI=1S/C13H18N6O.C2H6/c1-3-10(20)18-5-4-9(6-18)19-13-11(8(2)17-19)12(14)15-7-16-13;1-2/h7,9H,3-6H2,1-2H3,(H2,14,15,16);1-2H3. The number of fused-ring (bicyclic) bond motifs is 1. The molecule has 0 radical (unpaired) electrons. The normalized spacial score (nSPS) is 17.5. The van der Waals surface area contributed by atoms with E-state index < -0.39 is 0 Å². The van der Waals surface area contributed by atoms with Crippen molar-refractivity contribution in [1.29, 1.82) is 0 Å². The van der Waals surface area contributed by atoms with Crippen LogP contribution in [0, 0.1) is 6.92 Å². The number of carbonyl (C=O) groups is 1. The molecule has 2 N–H and O–H groups in total. The number of nitrogens with zero attached hydrogens (tertiary/aromatic N) is 5. The monoisotopic (exact) mass is 304 g/mol. The minimum absolute atomic E-state index is 0.163. The Kier molecular flexibility index (Phi) is 4.95. The van der Waals surface area contributed by atoms with E-state index in [1.807, 2.05) is 37.3 Å². The van der Waals surface area contributed by atoms with Crippen LogP contribution in [-0.2, 0) is 4.79 Å². The van der Waals surface area contributed by atoms with Gasteiger partial charge in [-0.15, -0.1) is 0 Å². The molecule has 120 valence electrons. The Labute approximate surface area is 130 Å². The third-order valence-corrected chi connectivity index (χ3v) is 3.86. The van der Waals surface area contributed by atoms with Crippen LogP contribution in [0.1, 0.15) is 45.3 Å². The number of likely N-dealkylation sites (tertiary alicyclic amines) is 1. The molecule has 1 aliphatic heterocycles. The maximum atomic E-state index is 11.8. The van der Waals surface area contributed by atoms with E-state index in [1.165, 1.54) is 6.33 Å². The van der Waals surface area contributed by atoms with Crippen LogP contribution in [0.5, 0.6) is 0 Å². The van der Waals surface area contributed by atoms with E-state index in [0.29, 0.717) is 18.8 Å². The lowest BCUT2D eigenvalue weighted by molar-refractivity contribution is -0.129. The van der Waals surface area contributed by atoms with Crippen LogP contribution in [0.2, 0.25) is 0 Å². The molecule has 3 rings (SSSR count). The minimum Gasteiger partial charge on any atom is -0.383 e. The largest absolute Gasteiger partial charge is 0.383 e. The molecule has 1 aliphatic rings. The summed E-state index contributed by atoms with van der Waals surface area (Å²) in [6, 6.07) is 0.163. The van der Waals surface area contributed by atoms with E-state index in [-0.39, 0.29) is 11.9 Å². The Balaban J connectivity index is 0.000000847. The van der Waals surface area contributed by atoms with Gasteiger partial charge in [-0.2, -0.15) is 5.10 Å². The summed E-state index contributed by atoms with van der Waals surface area (Å²) in [5.74, 6) is 0.646. The first-order chi connectivity index (χ1) is 10.6. The zero-order valence-electron chi connectivity index (χ0n) is 13.7. The van der Waals surface area contributed by atoms with Crippen LogP contribution in [0.3, 0.4) is 0 Å². The Hall–Kier alpha value is -2.18. The van der Waals surface area contributed by atoms with E-state index in [1.54, 1.807) is 0 Å². The molecular formula is C15H24N6O. The van der Waals surface area contributed by atoms with Crippen molar-refractivity contribution < 1.29 is 4.79 Å². The summed E-state index contributed by atoms with van der Waals surface area (Å²) in [5.41, 5.74) is 7.48. The summed E-state index contributed by atoms with van der Waals surface area (Å²) >= 11 is 0. The second-order valence-corrected chi connectivity index (χ2v) is 5.12. The number of aryl methyl sites for hydroxylation is 1. The Morgan fingerprint density at radius 2 is 2.14 bits per heavy atom. The number of anilines is 1. The Morgan fingerprint density at radius 3 is 2.82 bits per heavy atom. The highest BCUT2D eigenvalue weighted by Crippen LogP contribution is 2.28. The Bertz CT molecular complexity index is 665. The number of carbonyl (C=O) groups excluding carboxylic acids is 1. The molecule has 22 heavy (non-hydrogen) atoms. The lowest BCUT2D eigenvalue weighted by Gasteiger charge is -2.15. The molecule has 1 fully saturated rings.